The van der Waals surface area contributed by atoms with E-state index in [0.717, 1.165) is 47.7 Å². The zero-order valence-electron chi connectivity index (χ0n) is 16.0. The summed E-state index contributed by atoms with van der Waals surface area (Å²) >= 11 is 0. The van der Waals surface area contributed by atoms with Crippen LogP contribution in [0.2, 0.25) is 0 Å². The molecule has 1 aromatic heterocycles. The average molecular weight is 374 g/mol. The minimum Gasteiger partial charge on any atom is -0.385 e. The highest BCUT2D eigenvalue weighted by Crippen LogP contribution is 2.47. The number of hydrogen-bond donors (Lipinski definition) is 2. The molecule has 2 fully saturated rings. The zero-order valence-corrected chi connectivity index (χ0v) is 16.0. The molecule has 4 nitrogen and oxygen atoms in total. The van der Waals surface area contributed by atoms with Crippen molar-refractivity contribution in [1.29, 1.82) is 0 Å². The number of hydrogen-bond acceptors (Lipinski definition) is 2. The predicted molar refractivity (Wildman–Crippen MR) is 110 cm³/mol. The van der Waals surface area contributed by atoms with Crippen LogP contribution in [0.15, 0.2) is 60.8 Å². The van der Waals surface area contributed by atoms with Gasteiger partial charge in [0.2, 0.25) is 0 Å². The number of nitrogens with zero attached hydrogens (tertiary/aromatic N) is 1. The Morgan fingerprint density at radius 3 is 2.64 bits per heavy atom. The summed E-state index contributed by atoms with van der Waals surface area (Å²) in [4.78, 5) is 18.8. The number of fused-ring (bicyclic) bond motifs is 2. The van der Waals surface area contributed by atoms with E-state index in [9.17, 15) is 9.90 Å². The van der Waals surface area contributed by atoms with Gasteiger partial charge >= 0.3 is 0 Å². The van der Waals surface area contributed by atoms with E-state index in [0.29, 0.717) is 13.0 Å². The first-order valence-electron chi connectivity index (χ1n) is 10.3. The number of benzene rings is 2. The van der Waals surface area contributed by atoms with E-state index in [-0.39, 0.29) is 17.9 Å². The summed E-state index contributed by atoms with van der Waals surface area (Å²) in [5.74, 6) is 0.177. The number of aromatic amines is 1. The Balaban J connectivity index is 1.50. The van der Waals surface area contributed by atoms with Crippen molar-refractivity contribution >= 4 is 16.8 Å². The third-order valence-corrected chi connectivity index (χ3v) is 6.83. The number of piperidine rings is 1. The molecule has 4 heteroatoms. The van der Waals surface area contributed by atoms with E-state index in [2.05, 4.69) is 4.98 Å². The largest absolute Gasteiger partial charge is 0.385 e. The van der Waals surface area contributed by atoms with Crippen molar-refractivity contribution in [2.45, 2.75) is 43.7 Å². The number of rotatable bonds is 2. The predicted octanol–water partition coefficient (Wildman–Crippen LogP) is 4.46. The summed E-state index contributed by atoms with van der Waals surface area (Å²) in [5, 5.41) is 12.7. The third-order valence-electron chi connectivity index (χ3n) is 6.83. The monoisotopic (exact) mass is 374 g/mol. The van der Waals surface area contributed by atoms with Gasteiger partial charge in [0, 0.05) is 35.6 Å². The maximum Gasteiger partial charge on any atom is 0.256 e. The SMILES string of the molecule is O=C(c1c[nH]c2ccccc12)N1CC[C@@](O)(c2ccccc2)[C@@H]2CCCC[C@H]21. The number of nitrogens with one attached hydrogen (secondary N) is 1. The molecule has 2 aromatic carbocycles. The van der Waals surface area contributed by atoms with Crippen molar-refractivity contribution in [1.82, 2.24) is 9.88 Å². The molecular formula is C24H26N2O2. The van der Waals surface area contributed by atoms with Crippen molar-refractivity contribution in [2.24, 2.45) is 5.92 Å². The second-order valence-corrected chi connectivity index (χ2v) is 8.25. The van der Waals surface area contributed by atoms with E-state index in [1.165, 1.54) is 0 Å². The summed E-state index contributed by atoms with van der Waals surface area (Å²) in [6.07, 6.45) is 6.59. The highest BCUT2D eigenvalue weighted by atomic mass is 16.3. The molecule has 1 saturated carbocycles. The Morgan fingerprint density at radius 1 is 1.04 bits per heavy atom. The Bertz CT molecular complexity index is 996. The lowest BCUT2D eigenvalue weighted by Crippen LogP contribution is -2.58. The van der Waals surface area contributed by atoms with E-state index in [1.807, 2.05) is 65.7 Å². The molecule has 3 atom stereocenters. The number of amides is 1. The molecule has 0 unspecified atom stereocenters. The summed E-state index contributed by atoms with van der Waals surface area (Å²) in [6.45, 7) is 0.588. The molecule has 1 aliphatic heterocycles. The van der Waals surface area contributed by atoms with Crippen LogP contribution in [0, 0.1) is 5.92 Å². The molecule has 144 valence electrons. The van der Waals surface area contributed by atoms with Gasteiger partial charge in [-0.25, -0.2) is 0 Å². The fourth-order valence-electron chi connectivity index (χ4n) is 5.42. The minimum atomic E-state index is -0.844. The smallest absolute Gasteiger partial charge is 0.256 e. The van der Waals surface area contributed by atoms with Crippen LogP contribution in [-0.2, 0) is 5.60 Å². The summed E-state index contributed by atoms with van der Waals surface area (Å²) in [6, 6.07) is 18.1. The molecule has 5 rings (SSSR count). The average Bonchev–Trinajstić information content (AvgIpc) is 3.19. The number of aliphatic hydroxyl groups is 1. The van der Waals surface area contributed by atoms with Gasteiger partial charge in [0.15, 0.2) is 0 Å². The standard InChI is InChI=1S/C24H26N2O2/c27-23(19-16-25-21-12-6-4-10-18(19)21)26-15-14-24(28,17-8-2-1-3-9-17)20-11-5-7-13-22(20)26/h1-4,6,8-10,12,16,20,22,25,28H,5,7,11,13-15H2/t20-,22-,24-/m1/s1. The van der Waals surface area contributed by atoms with Gasteiger partial charge in [0.05, 0.1) is 11.2 Å². The van der Waals surface area contributed by atoms with Crippen LogP contribution in [0.5, 0.6) is 0 Å². The number of H-pyrrole nitrogens is 1. The lowest BCUT2D eigenvalue weighted by molar-refractivity contribution is -0.110. The van der Waals surface area contributed by atoms with Gasteiger partial charge < -0.3 is 15.0 Å². The number of likely N-dealkylation sites (tertiary alicyclic amines) is 1. The Labute approximate surface area is 165 Å². The molecule has 0 radical (unpaired) electrons. The van der Waals surface area contributed by atoms with Crippen molar-refractivity contribution in [3.8, 4) is 0 Å². The van der Waals surface area contributed by atoms with Crippen LogP contribution in [0.25, 0.3) is 10.9 Å². The molecule has 2 heterocycles. The number of carbonyl (C=O) groups is 1. The number of carbonyl (C=O) groups excluding carboxylic acids is 1. The Kier molecular flexibility index (Phi) is 4.24. The van der Waals surface area contributed by atoms with Crippen molar-refractivity contribution in [3.05, 3.63) is 71.9 Å². The highest BCUT2D eigenvalue weighted by molar-refractivity contribution is 6.06. The van der Waals surface area contributed by atoms with Crippen LogP contribution >= 0.6 is 0 Å². The first kappa shape index (κ1) is 17.5. The molecule has 2 aliphatic rings. The van der Waals surface area contributed by atoms with Gasteiger partial charge in [-0.2, -0.15) is 0 Å². The van der Waals surface area contributed by atoms with Crippen LogP contribution in [-0.4, -0.2) is 33.5 Å². The van der Waals surface area contributed by atoms with E-state index in [1.54, 1.807) is 0 Å². The maximum atomic E-state index is 13.5. The second-order valence-electron chi connectivity index (χ2n) is 8.25. The first-order chi connectivity index (χ1) is 13.7. The Morgan fingerprint density at radius 2 is 1.79 bits per heavy atom. The zero-order chi connectivity index (χ0) is 19.1. The van der Waals surface area contributed by atoms with Gasteiger partial charge in [-0.05, 0) is 30.9 Å². The fraction of sp³-hybridized carbons (Fsp3) is 0.375. The molecular weight excluding hydrogens is 348 g/mol. The first-order valence-corrected chi connectivity index (χ1v) is 10.3. The summed E-state index contributed by atoms with van der Waals surface area (Å²) < 4.78 is 0. The molecule has 0 bridgehead atoms. The van der Waals surface area contributed by atoms with Gasteiger partial charge in [-0.1, -0.05) is 61.4 Å². The maximum absolute atomic E-state index is 13.5. The summed E-state index contributed by atoms with van der Waals surface area (Å²) in [7, 11) is 0. The lowest BCUT2D eigenvalue weighted by atomic mass is 9.66. The summed E-state index contributed by atoms with van der Waals surface area (Å²) in [5.41, 5.74) is 1.88. The van der Waals surface area contributed by atoms with Crippen LogP contribution < -0.4 is 0 Å². The van der Waals surface area contributed by atoms with Gasteiger partial charge in [0.1, 0.15) is 0 Å². The molecule has 2 N–H and O–H groups in total. The van der Waals surface area contributed by atoms with Gasteiger partial charge in [0.25, 0.3) is 5.91 Å². The second kappa shape index (κ2) is 6.78. The van der Waals surface area contributed by atoms with Crippen molar-refractivity contribution in [3.63, 3.8) is 0 Å². The highest BCUT2D eigenvalue weighted by Gasteiger charge is 2.50. The van der Waals surface area contributed by atoms with Gasteiger partial charge in [-0.15, -0.1) is 0 Å². The normalized spacial score (nSPS) is 27.5. The van der Waals surface area contributed by atoms with Crippen molar-refractivity contribution < 1.29 is 9.90 Å². The quantitative estimate of drug-likeness (QED) is 0.696. The molecule has 1 saturated heterocycles. The minimum absolute atomic E-state index is 0.0875. The molecule has 1 amide bonds. The topological polar surface area (TPSA) is 56.3 Å². The van der Waals surface area contributed by atoms with Gasteiger partial charge in [-0.3, -0.25) is 4.79 Å². The van der Waals surface area contributed by atoms with E-state index < -0.39 is 5.60 Å². The van der Waals surface area contributed by atoms with Crippen LogP contribution in [0.1, 0.15) is 48.0 Å². The van der Waals surface area contributed by atoms with Crippen LogP contribution in [0.4, 0.5) is 0 Å². The number of aromatic nitrogens is 1. The fourth-order valence-corrected chi connectivity index (χ4v) is 5.42. The molecule has 28 heavy (non-hydrogen) atoms. The third kappa shape index (κ3) is 2.67. The van der Waals surface area contributed by atoms with E-state index >= 15 is 0 Å². The van der Waals surface area contributed by atoms with Crippen LogP contribution in [0.3, 0.4) is 0 Å². The van der Waals surface area contributed by atoms with Crippen molar-refractivity contribution in [2.75, 3.05) is 6.54 Å². The molecule has 3 aromatic rings. The molecule has 0 spiro atoms. The molecule has 1 aliphatic carbocycles. The lowest BCUT2D eigenvalue weighted by Gasteiger charge is -2.52. The van der Waals surface area contributed by atoms with E-state index in [4.69, 9.17) is 0 Å². The number of para-hydroxylation sites is 1. The Hall–Kier alpha value is -2.59.